The highest BCUT2D eigenvalue weighted by molar-refractivity contribution is 6.31. The lowest BCUT2D eigenvalue weighted by molar-refractivity contribution is 0.282. The zero-order chi connectivity index (χ0) is 18.9. The third-order valence-electron chi connectivity index (χ3n) is 4.65. The summed E-state index contributed by atoms with van der Waals surface area (Å²) in [5.74, 6) is 0.886. The van der Waals surface area contributed by atoms with Crippen LogP contribution in [0, 0.1) is 0 Å². The Hall–Kier alpha value is -2.07. The van der Waals surface area contributed by atoms with Gasteiger partial charge in [0.25, 0.3) is 0 Å². The van der Waals surface area contributed by atoms with Gasteiger partial charge in [-0.2, -0.15) is 0 Å². The number of unbranched alkanes of at least 4 members (excludes halogenated alkanes) is 2. The fraction of sp³-hybridized carbons (Fsp3) is 0.304. The molecule has 3 aromatic carbocycles. The van der Waals surface area contributed by atoms with E-state index in [4.69, 9.17) is 21.4 Å². The molecule has 0 aliphatic carbocycles. The second-order valence-electron chi connectivity index (χ2n) is 6.60. The first-order chi connectivity index (χ1) is 13.3. The Bertz CT molecular complexity index is 866. The topological polar surface area (TPSA) is 41.5 Å². The van der Waals surface area contributed by atoms with Crippen molar-refractivity contribution in [3.8, 4) is 5.75 Å². The smallest absolute Gasteiger partial charge is 0.124 e. The molecule has 0 saturated carbocycles. The molecule has 142 valence electrons. The van der Waals surface area contributed by atoms with E-state index in [9.17, 15) is 0 Å². The van der Waals surface area contributed by atoms with E-state index < -0.39 is 0 Å². The second-order valence-corrected chi connectivity index (χ2v) is 7.01. The van der Waals surface area contributed by atoms with E-state index in [-0.39, 0.29) is 6.61 Å². The molecule has 0 heterocycles. The van der Waals surface area contributed by atoms with Crippen LogP contribution >= 0.6 is 11.6 Å². The Kier molecular flexibility index (Phi) is 7.52. The number of halogens is 1. The van der Waals surface area contributed by atoms with E-state index in [0.29, 0.717) is 6.61 Å². The van der Waals surface area contributed by atoms with Gasteiger partial charge in [0.2, 0.25) is 0 Å². The van der Waals surface area contributed by atoms with Gasteiger partial charge in [0.1, 0.15) is 12.4 Å². The van der Waals surface area contributed by atoms with Gasteiger partial charge in [-0.3, -0.25) is 0 Å². The average molecular weight is 384 g/mol. The summed E-state index contributed by atoms with van der Waals surface area (Å²) in [4.78, 5) is 0. The number of aliphatic hydroxyl groups excluding tert-OH is 1. The quantitative estimate of drug-likeness (QED) is 0.465. The molecule has 3 aromatic rings. The molecular formula is C23H26ClNO2. The first-order valence-corrected chi connectivity index (χ1v) is 9.86. The molecule has 0 bridgehead atoms. The van der Waals surface area contributed by atoms with Gasteiger partial charge < -0.3 is 15.2 Å². The number of ether oxygens (including phenoxy) is 1. The third kappa shape index (κ3) is 5.46. The van der Waals surface area contributed by atoms with Gasteiger partial charge in [0.05, 0.1) is 0 Å². The number of benzene rings is 3. The van der Waals surface area contributed by atoms with Gasteiger partial charge in [-0.1, -0.05) is 60.1 Å². The molecular weight excluding hydrogens is 358 g/mol. The molecule has 0 aliphatic heterocycles. The maximum Gasteiger partial charge on any atom is 0.124 e. The largest absolute Gasteiger partial charge is 0.488 e. The van der Waals surface area contributed by atoms with E-state index in [1.54, 1.807) is 0 Å². The van der Waals surface area contributed by atoms with Crippen LogP contribution in [0.15, 0.2) is 60.7 Å². The Labute approximate surface area is 165 Å². The summed E-state index contributed by atoms with van der Waals surface area (Å²) in [5, 5.41) is 15.5. The van der Waals surface area contributed by atoms with Crippen molar-refractivity contribution in [3.05, 3.63) is 76.8 Å². The predicted octanol–water partition coefficient (Wildman–Crippen LogP) is 5.32. The number of nitrogens with one attached hydrogen (secondary N) is 1. The van der Waals surface area contributed by atoms with Crippen molar-refractivity contribution in [2.75, 3.05) is 13.2 Å². The monoisotopic (exact) mass is 383 g/mol. The highest BCUT2D eigenvalue weighted by atomic mass is 35.5. The van der Waals surface area contributed by atoms with Crippen LogP contribution in [-0.4, -0.2) is 18.3 Å². The Morgan fingerprint density at radius 2 is 1.70 bits per heavy atom. The molecule has 3 rings (SSSR count). The standard InChI is InChI=1S/C23H26ClNO2/c24-22-11-5-3-9-19(22)17-27-23-13-12-18-8-2-4-10-20(18)21(23)16-25-14-6-1-7-15-26/h2-5,8-13,25-26H,1,6-7,14-17H2. The maximum absolute atomic E-state index is 8.88. The molecule has 0 fully saturated rings. The minimum Gasteiger partial charge on any atom is -0.488 e. The molecule has 0 spiro atoms. The number of hydrogen-bond donors (Lipinski definition) is 2. The van der Waals surface area contributed by atoms with Crippen LogP contribution in [0.3, 0.4) is 0 Å². The molecule has 2 N–H and O–H groups in total. The first kappa shape index (κ1) is 19.7. The summed E-state index contributed by atoms with van der Waals surface area (Å²) in [6.45, 7) is 2.39. The van der Waals surface area contributed by atoms with Gasteiger partial charge in [0.15, 0.2) is 0 Å². The summed E-state index contributed by atoms with van der Waals surface area (Å²) in [5.41, 5.74) is 2.15. The lowest BCUT2D eigenvalue weighted by Crippen LogP contribution is -2.16. The van der Waals surface area contributed by atoms with Crippen LogP contribution in [0.1, 0.15) is 30.4 Å². The fourth-order valence-electron chi connectivity index (χ4n) is 3.16. The molecule has 4 heteroatoms. The fourth-order valence-corrected chi connectivity index (χ4v) is 3.35. The normalized spacial score (nSPS) is 11.0. The molecule has 0 atom stereocenters. The highest BCUT2D eigenvalue weighted by Gasteiger charge is 2.10. The zero-order valence-electron chi connectivity index (χ0n) is 15.5. The van der Waals surface area contributed by atoms with Crippen LogP contribution in [0.25, 0.3) is 10.8 Å². The van der Waals surface area contributed by atoms with Crippen molar-refractivity contribution >= 4 is 22.4 Å². The summed E-state index contributed by atoms with van der Waals surface area (Å²) in [6.07, 6.45) is 2.96. The average Bonchev–Trinajstić information content (AvgIpc) is 2.70. The van der Waals surface area contributed by atoms with Crippen LogP contribution in [0.5, 0.6) is 5.75 Å². The molecule has 0 aromatic heterocycles. The summed E-state index contributed by atoms with van der Waals surface area (Å²) >= 11 is 6.26. The minimum absolute atomic E-state index is 0.267. The van der Waals surface area contributed by atoms with Crippen molar-refractivity contribution in [2.45, 2.75) is 32.4 Å². The van der Waals surface area contributed by atoms with Gasteiger partial charge in [0, 0.05) is 29.3 Å². The molecule has 0 saturated heterocycles. The number of hydrogen-bond acceptors (Lipinski definition) is 3. The lowest BCUT2D eigenvalue weighted by Gasteiger charge is -2.16. The number of aliphatic hydroxyl groups is 1. The lowest BCUT2D eigenvalue weighted by atomic mass is 10.0. The molecule has 3 nitrogen and oxygen atoms in total. The summed E-state index contributed by atoms with van der Waals surface area (Å²) < 4.78 is 6.15. The van der Waals surface area contributed by atoms with Crippen LogP contribution in [-0.2, 0) is 13.2 Å². The van der Waals surface area contributed by atoms with E-state index in [1.165, 1.54) is 16.3 Å². The van der Waals surface area contributed by atoms with Crippen molar-refractivity contribution < 1.29 is 9.84 Å². The second kappa shape index (κ2) is 10.3. The van der Waals surface area contributed by atoms with Crippen LogP contribution < -0.4 is 10.1 Å². The molecule has 0 unspecified atom stereocenters. The van der Waals surface area contributed by atoms with Crippen molar-refractivity contribution in [1.29, 1.82) is 0 Å². The Morgan fingerprint density at radius 3 is 2.56 bits per heavy atom. The SMILES string of the molecule is OCCCCCNCc1c(OCc2ccccc2Cl)ccc2ccccc12. The van der Waals surface area contributed by atoms with E-state index >= 15 is 0 Å². The first-order valence-electron chi connectivity index (χ1n) is 9.48. The summed E-state index contributed by atoms with van der Waals surface area (Å²) in [6, 6.07) is 20.3. The predicted molar refractivity (Wildman–Crippen MR) is 112 cm³/mol. The molecule has 27 heavy (non-hydrogen) atoms. The van der Waals surface area contributed by atoms with Gasteiger partial charge in [-0.05, 0) is 48.7 Å². The zero-order valence-corrected chi connectivity index (χ0v) is 16.2. The number of rotatable bonds is 10. The third-order valence-corrected chi connectivity index (χ3v) is 5.02. The van der Waals surface area contributed by atoms with Crippen molar-refractivity contribution in [2.24, 2.45) is 0 Å². The molecule has 0 aliphatic rings. The highest BCUT2D eigenvalue weighted by Crippen LogP contribution is 2.29. The number of fused-ring (bicyclic) bond motifs is 1. The van der Waals surface area contributed by atoms with Crippen molar-refractivity contribution in [3.63, 3.8) is 0 Å². The minimum atomic E-state index is 0.267. The van der Waals surface area contributed by atoms with Gasteiger partial charge in [-0.25, -0.2) is 0 Å². The van der Waals surface area contributed by atoms with Crippen molar-refractivity contribution in [1.82, 2.24) is 5.32 Å². The Balaban J connectivity index is 1.74. The molecule has 0 amide bonds. The Morgan fingerprint density at radius 1 is 0.889 bits per heavy atom. The van der Waals surface area contributed by atoms with Crippen LogP contribution in [0.2, 0.25) is 5.02 Å². The summed E-state index contributed by atoms with van der Waals surface area (Å²) in [7, 11) is 0. The van der Waals surface area contributed by atoms with Crippen LogP contribution in [0.4, 0.5) is 0 Å². The molecule has 0 radical (unpaired) electrons. The van der Waals surface area contributed by atoms with E-state index in [0.717, 1.165) is 48.7 Å². The van der Waals surface area contributed by atoms with E-state index in [2.05, 4.69) is 35.6 Å². The maximum atomic E-state index is 8.88. The van der Waals surface area contributed by atoms with Gasteiger partial charge in [-0.15, -0.1) is 0 Å². The van der Waals surface area contributed by atoms with E-state index in [1.807, 2.05) is 30.3 Å². The van der Waals surface area contributed by atoms with Gasteiger partial charge >= 0.3 is 0 Å².